The number of rotatable bonds is 4. The van der Waals surface area contributed by atoms with Gasteiger partial charge in [0.05, 0.1) is 23.5 Å². The molecule has 1 fully saturated rings. The van der Waals surface area contributed by atoms with Crippen molar-refractivity contribution in [3.63, 3.8) is 0 Å². The molecule has 0 N–H and O–H groups in total. The van der Waals surface area contributed by atoms with Crippen molar-refractivity contribution in [2.24, 2.45) is 5.92 Å². The number of sulfone groups is 1. The molecule has 1 saturated heterocycles. The number of amides is 1. The standard InChI is InChI=1S/C14H11NO4S4/c16-13-12(6-10-2-1-4-19-10)22-14(21)15(13)7-11(20)9-3-5-23(17,18)8-9/h1-6,9H,7-8H2/b12-6-. The number of thioether (sulfide) groups is 1. The molecule has 0 spiro atoms. The average Bonchev–Trinajstić information content (AvgIpc) is 3.17. The van der Waals surface area contributed by atoms with Gasteiger partial charge in [0.25, 0.3) is 5.91 Å². The van der Waals surface area contributed by atoms with Gasteiger partial charge in [-0.05, 0) is 12.1 Å². The van der Waals surface area contributed by atoms with Crippen LogP contribution in [0.1, 0.15) is 5.76 Å². The van der Waals surface area contributed by atoms with Crippen molar-refractivity contribution >= 4 is 67.2 Å². The molecule has 0 aliphatic carbocycles. The second kappa shape index (κ2) is 6.31. The van der Waals surface area contributed by atoms with E-state index in [1.165, 1.54) is 28.3 Å². The van der Waals surface area contributed by atoms with Gasteiger partial charge in [-0.15, -0.1) is 0 Å². The molecule has 1 atom stereocenters. The molecular formula is C14H11NO4S4. The third kappa shape index (κ3) is 3.63. The fraction of sp³-hybridized carbons (Fsp3) is 0.214. The zero-order valence-corrected chi connectivity index (χ0v) is 14.9. The molecule has 5 nitrogen and oxygen atoms in total. The molecule has 120 valence electrons. The van der Waals surface area contributed by atoms with Gasteiger partial charge in [-0.3, -0.25) is 9.69 Å². The molecule has 1 amide bonds. The van der Waals surface area contributed by atoms with Crippen LogP contribution in [0, 0.1) is 5.92 Å². The van der Waals surface area contributed by atoms with Gasteiger partial charge in [-0.1, -0.05) is 42.3 Å². The van der Waals surface area contributed by atoms with Crippen molar-refractivity contribution in [3.05, 3.63) is 40.5 Å². The molecule has 1 unspecified atom stereocenters. The van der Waals surface area contributed by atoms with Crippen LogP contribution in [0.3, 0.4) is 0 Å². The molecule has 23 heavy (non-hydrogen) atoms. The minimum atomic E-state index is -3.18. The summed E-state index contributed by atoms with van der Waals surface area (Å²) in [4.78, 5) is 14.8. The Balaban J connectivity index is 1.71. The number of thiocarbonyl (C=S) groups is 2. The smallest absolute Gasteiger partial charge is 0.266 e. The summed E-state index contributed by atoms with van der Waals surface area (Å²) in [5, 5.41) is 1.17. The van der Waals surface area contributed by atoms with Crippen LogP contribution in [0.25, 0.3) is 6.08 Å². The van der Waals surface area contributed by atoms with E-state index in [4.69, 9.17) is 28.9 Å². The number of carbonyl (C=O) groups excluding carboxylic acids is 1. The maximum atomic E-state index is 12.4. The Kier molecular flexibility index (Phi) is 4.54. The molecule has 1 aromatic heterocycles. The number of hydrogen-bond acceptors (Lipinski definition) is 7. The van der Waals surface area contributed by atoms with E-state index in [1.807, 2.05) is 0 Å². The fourth-order valence-corrected chi connectivity index (χ4v) is 5.17. The summed E-state index contributed by atoms with van der Waals surface area (Å²) >= 11 is 11.7. The van der Waals surface area contributed by atoms with Gasteiger partial charge in [0.15, 0.2) is 9.84 Å². The zero-order chi connectivity index (χ0) is 16.6. The fourth-order valence-electron chi connectivity index (χ4n) is 2.19. The van der Waals surface area contributed by atoms with E-state index in [0.29, 0.717) is 19.9 Å². The lowest BCUT2D eigenvalue weighted by molar-refractivity contribution is -0.121. The van der Waals surface area contributed by atoms with E-state index >= 15 is 0 Å². The third-order valence-corrected chi connectivity index (χ3v) is 6.55. The lowest BCUT2D eigenvalue weighted by atomic mass is 10.1. The van der Waals surface area contributed by atoms with Crippen molar-refractivity contribution in [2.45, 2.75) is 0 Å². The molecule has 3 rings (SSSR count). The molecule has 1 aromatic rings. The second-order valence-electron chi connectivity index (χ2n) is 5.01. The first-order valence-electron chi connectivity index (χ1n) is 6.58. The SMILES string of the molecule is O=C1/C(=C/c2ccco2)SC(=S)N1CC(=S)C1C=CS(=O)(=O)C1. The Bertz CT molecular complexity index is 836. The van der Waals surface area contributed by atoms with Gasteiger partial charge < -0.3 is 4.42 Å². The molecule has 0 saturated carbocycles. The van der Waals surface area contributed by atoms with Gasteiger partial charge in [-0.2, -0.15) is 0 Å². The summed E-state index contributed by atoms with van der Waals surface area (Å²) in [5.74, 6) is -0.0711. The Morgan fingerprint density at radius 2 is 2.30 bits per heavy atom. The predicted molar refractivity (Wildman–Crippen MR) is 97.6 cm³/mol. The molecule has 3 heterocycles. The van der Waals surface area contributed by atoms with Crippen LogP contribution in [0.5, 0.6) is 0 Å². The number of furan rings is 1. The Morgan fingerprint density at radius 1 is 1.52 bits per heavy atom. The van der Waals surface area contributed by atoms with Gasteiger partial charge >= 0.3 is 0 Å². The van der Waals surface area contributed by atoms with Crippen LogP contribution in [0.2, 0.25) is 0 Å². The molecule has 9 heteroatoms. The summed E-state index contributed by atoms with van der Waals surface area (Å²) < 4.78 is 28.5. The van der Waals surface area contributed by atoms with Crippen molar-refractivity contribution < 1.29 is 17.6 Å². The van der Waals surface area contributed by atoms with Crippen LogP contribution < -0.4 is 0 Å². The lowest BCUT2D eigenvalue weighted by Crippen LogP contribution is -2.35. The first kappa shape index (κ1) is 16.6. The maximum absolute atomic E-state index is 12.4. The summed E-state index contributed by atoms with van der Waals surface area (Å²) in [5.41, 5.74) is 0. The minimum Gasteiger partial charge on any atom is -0.465 e. The van der Waals surface area contributed by atoms with Crippen LogP contribution in [-0.2, 0) is 14.6 Å². The first-order chi connectivity index (χ1) is 10.9. The highest BCUT2D eigenvalue weighted by Crippen LogP contribution is 2.33. The van der Waals surface area contributed by atoms with Gasteiger partial charge in [0.1, 0.15) is 10.1 Å². The monoisotopic (exact) mass is 385 g/mol. The Labute approximate surface area is 148 Å². The van der Waals surface area contributed by atoms with Crippen LogP contribution in [-0.4, -0.2) is 40.7 Å². The third-order valence-electron chi connectivity index (χ3n) is 3.35. The number of carbonyl (C=O) groups is 1. The second-order valence-corrected chi connectivity index (χ2v) is 9.15. The van der Waals surface area contributed by atoms with E-state index in [0.717, 1.165) is 0 Å². The minimum absolute atomic E-state index is 0.0388. The van der Waals surface area contributed by atoms with E-state index in [-0.39, 0.29) is 24.1 Å². The largest absolute Gasteiger partial charge is 0.465 e. The van der Waals surface area contributed by atoms with Crippen molar-refractivity contribution in [1.29, 1.82) is 0 Å². The van der Waals surface area contributed by atoms with Crippen molar-refractivity contribution in [2.75, 3.05) is 12.3 Å². The number of allylic oxidation sites excluding steroid dienone is 1. The maximum Gasteiger partial charge on any atom is 0.266 e. The zero-order valence-electron chi connectivity index (χ0n) is 11.7. The molecule has 0 radical (unpaired) electrons. The van der Waals surface area contributed by atoms with Crippen LogP contribution in [0.15, 0.2) is 39.2 Å². The normalized spacial score (nSPS) is 24.8. The van der Waals surface area contributed by atoms with E-state index in [1.54, 1.807) is 24.3 Å². The number of hydrogen-bond donors (Lipinski definition) is 0. The van der Waals surface area contributed by atoms with E-state index in [9.17, 15) is 13.2 Å². The predicted octanol–water partition coefficient (Wildman–Crippen LogP) is 2.41. The highest BCUT2D eigenvalue weighted by atomic mass is 32.2. The van der Waals surface area contributed by atoms with Gasteiger partial charge in [-0.25, -0.2) is 8.42 Å². The molecule has 2 aliphatic rings. The van der Waals surface area contributed by atoms with Crippen molar-refractivity contribution in [3.8, 4) is 0 Å². The Hall–Kier alpha value is -1.29. The topological polar surface area (TPSA) is 67.6 Å². The summed E-state index contributed by atoms with van der Waals surface area (Å²) in [6.07, 6.45) is 4.71. The first-order valence-corrected chi connectivity index (χ1v) is 9.93. The van der Waals surface area contributed by atoms with E-state index in [2.05, 4.69) is 0 Å². The van der Waals surface area contributed by atoms with Crippen molar-refractivity contribution in [1.82, 2.24) is 4.90 Å². The van der Waals surface area contributed by atoms with Gasteiger partial charge in [0, 0.05) is 22.3 Å². The van der Waals surface area contributed by atoms with Crippen LogP contribution >= 0.6 is 36.2 Å². The molecule has 0 aromatic carbocycles. The summed E-state index contributed by atoms with van der Waals surface area (Å²) in [7, 11) is -3.18. The van der Waals surface area contributed by atoms with E-state index < -0.39 is 9.84 Å². The van der Waals surface area contributed by atoms with Gasteiger partial charge in [0.2, 0.25) is 0 Å². The summed E-state index contributed by atoms with van der Waals surface area (Å²) in [6, 6.07) is 3.47. The molecule has 0 bridgehead atoms. The Morgan fingerprint density at radius 3 is 2.91 bits per heavy atom. The molecular weight excluding hydrogens is 374 g/mol. The highest BCUT2D eigenvalue weighted by molar-refractivity contribution is 8.26. The lowest BCUT2D eigenvalue weighted by Gasteiger charge is -2.17. The highest BCUT2D eigenvalue weighted by Gasteiger charge is 2.35. The number of nitrogens with zero attached hydrogens (tertiary/aromatic N) is 1. The summed E-state index contributed by atoms with van der Waals surface area (Å²) in [6.45, 7) is 0.139. The molecule has 2 aliphatic heterocycles. The van der Waals surface area contributed by atoms with Crippen LogP contribution in [0.4, 0.5) is 0 Å². The quantitative estimate of drug-likeness (QED) is 0.582. The average molecular weight is 386 g/mol.